The lowest BCUT2D eigenvalue weighted by molar-refractivity contribution is 0.783. The van der Waals surface area contributed by atoms with E-state index < -0.39 is 0 Å². The minimum atomic E-state index is -0.258. The van der Waals surface area contributed by atoms with Crippen LogP contribution < -0.4 is 4.90 Å². The molecule has 0 bridgehead atoms. The van der Waals surface area contributed by atoms with Gasteiger partial charge in [-0.2, -0.15) is 5.10 Å². The normalized spacial score (nSPS) is 14.6. The molecule has 9 heteroatoms. The molecule has 0 unspecified atom stereocenters. The molecule has 0 radical (unpaired) electrons. The van der Waals surface area contributed by atoms with Crippen molar-refractivity contribution in [2.24, 2.45) is 14.1 Å². The summed E-state index contributed by atoms with van der Waals surface area (Å²) in [7, 11) is 3.55. The molecule has 0 aliphatic carbocycles. The number of nitrogens with one attached hydrogen (secondary N) is 1. The Labute approximate surface area is 182 Å². The fourth-order valence-corrected chi connectivity index (χ4v) is 4.70. The van der Waals surface area contributed by atoms with Crippen LogP contribution in [0.25, 0.3) is 22.3 Å². The number of nitrogens with zero attached hydrogens (tertiary/aromatic N) is 7. The van der Waals surface area contributed by atoms with E-state index in [1.807, 2.05) is 61.4 Å². The van der Waals surface area contributed by atoms with Crippen LogP contribution in [0.15, 0.2) is 42.7 Å². The van der Waals surface area contributed by atoms with Crippen molar-refractivity contribution in [2.45, 2.75) is 0 Å². The number of aryl methyl sites for hydroxylation is 2. The van der Waals surface area contributed by atoms with Crippen LogP contribution in [0.1, 0.15) is 11.6 Å². The summed E-state index contributed by atoms with van der Waals surface area (Å²) < 4.78 is 11.7. The summed E-state index contributed by atoms with van der Waals surface area (Å²) in [4.78, 5) is 16.3. The first-order chi connectivity index (χ1) is 15.1. The second-order valence-electron chi connectivity index (χ2n) is 7.44. The lowest BCUT2D eigenvalue weighted by Crippen LogP contribution is -2.38. The number of benzene rings is 1. The van der Waals surface area contributed by atoms with Gasteiger partial charge in [0.1, 0.15) is 5.82 Å². The number of hydrogen-bond acceptors (Lipinski definition) is 6. The Balaban J connectivity index is 1.52. The Kier molecular flexibility index (Phi) is 5.00. The highest BCUT2D eigenvalue weighted by Crippen LogP contribution is 2.24. The summed E-state index contributed by atoms with van der Waals surface area (Å²) in [6, 6.07) is 10.1. The van der Waals surface area contributed by atoms with E-state index >= 15 is 0 Å². The first kappa shape index (κ1) is 19.5. The number of hydrogen-bond donors (Lipinski definition) is 1. The highest BCUT2D eigenvalue weighted by molar-refractivity contribution is 7.86. The monoisotopic (exact) mass is 430 g/mol. The minimum absolute atomic E-state index is 0.258. The molecule has 4 aromatic rings. The van der Waals surface area contributed by atoms with Gasteiger partial charge in [0.15, 0.2) is 11.5 Å². The maximum Gasteiger partial charge on any atom is 0.209 e. The number of anilines is 1. The largest absolute Gasteiger partial charge is 0.354 e. The van der Waals surface area contributed by atoms with E-state index in [9.17, 15) is 0 Å². The molecule has 0 saturated carbocycles. The Bertz CT molecular complexity index is 1330. The standard InChI is InChI=1S/C22H22N8S/c1-28-15-18(16-6-4-3-5-7-16)25-20(28)9-8-19-26-21-17(14-24-29(21)2)22(27-19)30-10-12-31(23)13-11-30/h3-7,14-15,23H,10-13H2,1-2H3. The molecule has 31 heavy (non-hydrogen) atoms. The van der Waals surface area contributed by atoms with Gasteiger partial charge in [-0.1, -0.05) is 30.3 Å². The van der Waals surface area contributed by atoms with Crippen LogP contribution in [-0.2, 0) is 24.8 Å². The fraction of sp³-hybridized carbons (Fsp3) is 0.273. The van der Waals surface area contributed by atoms with E-state index in [1.54, 1.807) is 4.68 Å². The SMILES string of the molecule is Cn1cc(-c2ccccc2)nc1C#Cc1nc(N2CCS(=N)CC2)c2cnn(C)c2n1. The number of fused-ring (bicyclic) bond motifs is 1. The zero-order chi connectivity index (χ0) is 21.4. The third-order valence-corrected chi connectivity index (χ3v) is 6.67. The first-order valence-electron chi connectivity index (χ1n) is 10.0. The predicted molar refractivity (Wildman–Crippen MR) is 123 cm³/mol. The molecule has 1 aromatic carbocycles. The second-order valence-corrected chi connectivity index (χ2v) is 9.24. The summed E-state index contributed by atoms with van der Waals surface area (Å²) in [5, 5.41) is 5.28. The van der Waals surface area contributed by atoms with E-state index in [0.29, 0.717) is 11.6 Å². The van der Waals surface area contributed by atoms with Crippen molar-refractivity contribution in [1.29, 1.82) is 4.78 Å². The molecule has 5 rings (SSSR count). The molecule has 1 N–H and O–H groups in total. The molecular weight excluding hydrogens is 408 g/mol. The predicted octanol–water partition coefficient (Wildman–Crippen LogP) is 2.36. The minimum Gasteiger partial charge on any atom is -0.354 e. The molecule has 156 valence electrons. The van der Waals surface area contributed by atoms with Crippen molar-refractivity contribution in [3.63, 3.8) is 0 Å². The van der Waals surface area contributed by atoms with E-state index in [-0.39, 0.29) is 10.7 Å². The average molecular weight is 431 g/mol. The molecule has 0 spiro atoms. The van der Waals surface area contributed by atoms with Gasteiger partial charge in [-0.25, -0.2) is 15.0 Å². The van der Waals surface area contributed by atoms with Crippen molar-refractivity contribution >= 4 is 27.5 Å². The van der Waals surface area contributed by atoms with Crippen molar-refractivity contribution in [3.05, 3.63) is 54.4 Å². The van der Waals surface area contributed by atoms with E-state index in [2.05, 4.69) is 31.8 Å². The summed E-state index contributed by atoms with van der Waals surface area (Å²) in [5.41, 5.74) is 2.70. The van der Waals surface area contributed by atoms with Crippen molar-refractivity contribution in [2.75, 3.05) is 29.5 Å². The molecule has 1 saturated heterocycles. The maximum atomic E-state index is 8.00. The van der Waals surface area contributed by atoms with Gasteiger partial charge in [0, 0.05) is 50.5 Å². The van der Waals surface area contributed by atoms with Crippen molar-refractivity contribution < 1.29 is 0 Å². The van der Waals surface area contributed by atoms with Crippen LogP contribution in [-0.4, -0.2) is 53.9 Å². The summed E-state index contributed by atoms with van der Waals surface area (Å²) >= 11 is 0. The molecule has 8 nitrogen and oxygen atoms in total. The Morgan fingerprint density at radius 1 is 1.00 bits per heavy atom. The fourth-order valence-electron chi connectivity index (χ4n) is 3.61. The third-order valence-electron chi connectivity index (χ3n) is 5.32. The molecular formula is C22H22N8S. The number of aromatic nitrogens is 6. The topological polar surface area (TPSA) is 88.5 Å². The molecule has 4 heterocycles. The lowest BCUT2D eigenvalue weighted by Gasteiger charge is -2.28. The third kappa shape index (κ3) is 3.82. The van der Waals surface area contributed by atoms with E-state index in [1.165, 1.54) is 0 Å². The number of rotatable bonds is 2. The highest BCUT2D eigenvalue weighted by Gasteiger charge is 2.20. The van der Waals surface area contributed by atoms with Crippen molar-refractivity contribution in [3.8, 4) is 23.1 Å². The van der Waals surface area contributed by atoms with Gasteiger partial charge in [0.2, 0.25) is 5.82 Å². The Morgan fingerprint density at radius 3 is 2.55 bits per heavy atom. The zero-order valence-corrected chi connectivity index (χ0v) is 18.2. The van der Waals surface area contributed by atoms with E-state index in [0.717, 1.165) is 52.7 Å². The molecule has 0 atom stereocenters. The summed E-state index contributed by atoms with van der Waals surface area (Å²) in [6.07, 6.45) is 3.78. The van der Waals surface area contributed by atoms with Crippen LogP contribution in [0.4, 0.5) is 5.82 Å². The Morgan fingerprint density at radius 2 is 1.77 bits per heavy atom. The molecule has 0 amide bonds. The van der Waals surface area contributed by atoms with Crippen LogP contribution in [0.5, 0.6) is 0 Å². The highest BCUT2D eigenvalue weighted by atomic mass is 32.2. The van der Waals surface area contributed by atoms with Gasteiger partial charge in [-0.3, -0.25) is 9.46 Å². The summed E-state index contributed by atoms with van der Waals surface area (Å²) in [6.45, 7) is 1.64. The van der Waals surface area contributed by atoms with Gasteiger partial charge in [-0.15, -0.1) is 10.7 Å². The average Bonchev–Trinajstić information content (AvgIpc) is 3.35. The lowest BCUT2D eigenvalue weighted by atomic mass is 10.2. The van der Waals surface area contributed by atoms with Crippen LogP contribution in [0.2, 0.25) is 0 Å². The molecule has 1 fully saturated rings. The van der Waals surface area contributed by atoms with E-state index in [4.69, 9.17) is 9.76 Å². The molecule has 3 aromatic heterocycles. The van der Waals surface area contributed by atoms with Gasteiger partial charge >= 0.3 is 0 Å². The van der Waals surface area contributed by atoms with Crippen molar-refractivity contribution in [1.82, 2.24) is 29.3 Å². The smallest absolute Gasteiger partial charge is 0.209 e. The van der Waals surface area contributed by atoms with Crippen LogP contribution in [0, 0.1) is 16.6 Å². The van der Waals surface area contributed by atoms with Gasteiger partial charge in [0.05, 0.1) is 17.3 Å². The number of imidazole rings is 1. The molecule has 1 aliphatic rings. The Hall–Kier alpha value is -3.51. The first-order valence-corrected chi connectivity index (χ1v) is 11.6. The quantitative estimate of drug-likeness (QED) is 0.493. The van der Waals surface area contributed by atoms with Gasteiger partial charge < -0.3 is 9.47 Å². The van der Waals surface area contributed by atoms with Gasteiger partial charge in [0.25, 0.3) is 0 Å². The maximum absolute atomic E-state index is 8.00. The van der Waals surface area contributed by atoms with Gasteiger partial charge in [-0.05, 0) is 11.8 Å². The van der Waals surface area contributed by atoms with Crippen LogP contribution >= 0.6 is 0 Å². The van der Waals surface area contributed by atoms with Crippen LogP contribution in [0.3, 0.4) is 0 Å². The summed E-state index contributed by atoms with van der Waals surface area (Å²) in [5.74, 6) is 9.92. The molecule has 1 aliphatic heterocycles. The second kappa shape index (κ2) is 7.96. The zero-order valence-electron chi connectivity index (χ0n) is 17.4.